The average molecular weight is 284 g/mol. The summed E-state index contributed by atoms with van der Waals surface area (Å²) < 4.78 is 0. The molecule has 0 aromatic carbocycles. The van der Waals surface area contributed by atoms with Crippen molar-refractivity contribution >= 4 is 17.5 Å². The summed E-state index contributed by atoms with van der Waals surface area (Å²) in [6.45, 7) is 2.02. The smallest absolute Gasteiger partial charge is 0.273 e. The second kappa shape index (κ2) is 5.43. The Morgan fingerprint density at radius 1 is 1.53 bits per heavy atom. The quantitative estimate of drug-likeness (QED) is 0.919. The highest BCUT2D eigenvalue weighted by Gasteiger charge is 2.34. The van der Waals surface area contributed by atoms with E-state index in [-0.39, 0.29) is 16.6 Å². The SMILES string of the molecule is Cc1ncc(Cl)c(C(=O)N(C)CC2(O)CCCC2)n1. The fourth-order valence-corrected chi connectivity index (χ4v) is 2.66. The van der Waals surface area contributed by atoms with E-state index < -0.39 is 5.60 Å². The summed E-state index contributed by atoms with van der Waals surface area (Å²) in [7, 11) is 1.66. The van der Waals surface area contributed by atoms with E-state index in [1.54, 1.807) is 14.0 Å². The number of hydrogen-bond acceptors (Lipinski definition) is 4. The van der Waals surface area contributed by atoms with Gasteiger partial charge in [0, 0.05) is 13.6 Å². The third-order valence-electron chi connectivity index (χ3n) is 3.48. The predicted molar refractivity (Wildman–Crippen MR) is 72.2 cm³/mol. The Bertz CT molecular complexity index is 487. The lowest BCUT2D eigenvalue weighted by atomic mass is 10.0. The summed E-state index contributed by atoms with van der Waals surface area (Å²) >= 11 is 5.95. The van der Waals surface area contributed by atoms with Crippen molar-refractivity contribution in [3.05, 3.63) is 22.7 Å². The number of carbonyl (C=O) groups is 1. The zero-order valence-corrected chi connectivity index (χ0v) is 11.9. The minimum absolute atomic E-state index is 0.193. The summed E-state index contributed by atoms with van der Waals surface area (Å²) in [5.74, 6) is 0.219. The molecule has 0 atom stereocenters. The van der Waals surface area contributed by atoms with Crippen LogP contribution in [0.25, 0.3) is 0 Å². The first-order valence-corrected chi connectivity index (χ1v) is 6.76. The van der Waals surface area contributed by atoms with Crippen molar-refractivity contribution in [2.75, 3.05) is 13.6 Å². The van der Waals surface area contributed by atoms with Gasteiger partial charge in [-0.1, -0.05) is 24.4 Å². The van der Waals surface area contributed by atoms with Crippen molar-refractivity contribution in [2.45, 2.75) is 38.2 Å². The normalized spacial score (nSPS) is 17.5. The van der Waals surface area contributed by atoms with Crippen LogP contribution in [0.3, 0.4) is 0 Å². The van der Waals surface area contributed by atoms with Gasteiger partial charge in [-0.05, 0) is 19.8 Å². The van der Waals surface area contributed by atoms with Crippen LogP contribution in [0.1, 0.15) is 42.0 Å². The molecule has 1 aromatic rings. The number of carbonyl (C=O) groups excluding carboxylic acids is 1. The summed E-state index contributed by atoms with van der Waals surface area (Å²) in [5, 5.41) is 10.6. The molecule has 1 aliphatic carbocycles. The lowest BCUT2D eigenvalue weighted by Gasteiger charge is -2.28. The Morgan fingerprint density at radius 3 is 2.79 bits per heavy atom. The lowest BCUT2D eigenvalue weighted by Crippen LogP contribution is -2.42. The number of amides is 1. The van der Waals surface area contributed by atoms with Gasteiger partial charge >= 0.3 is 0 Å². The molecule has 5 nitrogen and oxygen atoms in total. The first kappa shape index (κ1) is 14.2. The minimum atomic E-state index is -0.765. The maximum absolute atomic E-state index is 12.3. The second-order valence-corrected chi connectivity index (χ2v) is 5.61. The van der Waals surface area contributed by atoms with Gasteiger partial charge in [-0.3, -0.25) is 4.79 Å². The highest BCUT2D eigenvalue weighted by atomic mass is 35.5. The van der Waals surface area contributed by atoms with Crippen LogP contribution in [0.15, 0.2) is 6.20 Å². The maximum atomic E-state index is 12.3. The van der Waals surface area contributed by atoms with Crippen LogP contribution in [-0.2, 0) is 0 Å². The van der Waals surface area contributed by atoms with Crippen molar-refractivity contribution in [3.63, 3.8) is 0 Å². The first-order chi connectivity index (χ1) is 8.91. The van der Waals surface area contributed by atoms with Gasteiger partial charge in [0.25, 0.3) is 5.91 Å². The molecule has 1 fully saturated rings. The van der Waals surface area contributed by atoms with Crippen molar-refractivity contribution < 1.29 is 9.90 Å². The van der Waals surface area contributed by atoms with E-state index in [1.807, 2.05) is 0 Å². The van der Waals surface area contributed by atoms with Crippen LogP contribution in [0.4, 0.5) is 0 Å². The molecule has 0 radical (unpaired) electrons. The molecule has 1 amide bonds. The molecule has 0 unspecified atom stereocenters. The summed E-state index contributed by atoms with van der Waals surface area (Å²) in [6, 6.07) is 0. The molecular weight excluding hydrogens is 266 g/mol. The van der Waals surface area contributed by atoms with E-state index in [2.05, 4.69) is 9.97 Å². The fourth-order valence-electron chi connectivity index (χ4n) is 2.49. The molecule has 1 N–H and O–H groups in total. The second-order valence-electron chi connectivity index (χ2n) is 5.21. The van der Waals surface area contributed by atoms with Gasteiger partial charge < -0.3 is 10.0 Å². The average Bonchev–Trinajstić information content (AvgIpc) is 2.78. The van der Waals surface area contributed by atoms with E-state index in [0.29, 0.717) is 12.4 Å². The Balaban J connectivity index is 2.12. The van der Waals surface area contributed by atoms with Crippen LogP contribution >= 0.6 is 11.6 Å². The number of aliphatic hydroxyl groups is 1. The monoisotopic (exact) mass is 283 g/mol. The molecule has 0 spiro atoms. The number of rotatable bonds is 3. The molecule has 0 aliphatic heterocycles. The summed E-state index contributed by atoms with van der Waals surface area (Å²) in [6.07, 6.45) is 4.91. The van der Waals surface area contributed by atoms with E-state index in [4.69, 9.17) is 11.6 Å². The molecule has 1 aliphatic rings. The van der Waals surface area contributed by atoms with Gasteiger partial charge in [0.1, 0.15) is 5.82 Å². The van der Waals surface area contributed by atoms with Crippen LogP contribution in [0, 0.1) is 6.92 Å². The molecule has 1 saturated carbocycles. The minimum Gasteiger partial charge on any atom is -0.388 e. The molecule has 19 heavy (non-hydrogen) atoms. The molecule has 0 bridgehead atoms. The molecule has 6 heteroatoms. The summed E-state index contributed by atoms with van der Waals surface area (Å²) in [4.78, 5) is 21.8. The van der Waals surface area contributed by atoms with E-state index in [1.165, 1.54) is 11.1 Å². The Hall–Kier alpha value is -1.20. The van der Waals surface area contributed by atoms with E-state index in [0.717, 1.165) is 25.7 Å². The topological polar surface area (TPSA) is 66.3 Å². The zero-order valence-electron chi connectivity index (χ0n) is 11.2. The molecule has 1 aromatic heterocycles. The van der Waals surface area contributed by atoms with Crippen LogP contribution < -0.4 is 0 Å². The lowest BCUT2D eigenvalue weighted by molar-refractivity contribution is 0.0154. The number of aromatic nitrogens is 2. The number of likely N-dealkylation sites (N-methyl/N-ethyl adjacent to an activating group) is 1. The van der Waals surface area contributed by atoms with Gasteiger partial charge in [-0.15, -0.1) is 0 Å². The van der Waals surface area contributed by atoms with Gasteiger partial charge in [0.05, 0.1) is 16.8 Å². The highest BCUT2D eigenvalue weighted by molar-refractivity contribution is 6.33. The van der Waals surface area contributed by atoms with Crippen molar-refractivity contribution in [2.24, 2.45) is 0 Å². The van der Waals surface area contributed by atoms with Crippen LogP contribution in [-0.4, -0.2) is 45.1 Å². The fraction of sp³-hybridized carbons (Fsp3) is 0.615. The Labute approximate surface area is 117 Å². The van der Waals surface area contributed by atoms with E-state index in [9.17, 15) is 9.90 Å². The molecular formula is C13H18ClN3O2. The first-order valence-electron chi connectivity index (χ1n) is 6.38. The molecule has 104 valence electrons. The van der Waals surface area contributed by atoms with Gasteiger partial charge in [0.15, 0.2) is 5.69 Å². The summed E-state index contributed by atoms with van der Waals surface area (Å²) in [5.41, 5.74) is -0.572. The maximum Gasteiger partial charge on any atom is 0.273 e. The largest absolute Gasteiger partial charge is 0.388 e. The zero-order chi connectivity index (χ0) is 14.0. The Morgan fingerprint density at radius 2 is 2.16 bits per heavy atom. The van der Waals surface area contributed by atoms with Gasteiger partial charge in [-0.25, -0.2) is 9.97 Å². The van der Waals surface area contributed by atoms with Crippen LogP contribution in [0.5, 0.6) is 0 Å². The molecule has 1 heterocycles. The van der Waals surface area contributed by atoms with Gasteiger partial charge in [0.2, 0.25) is 0 Å². The third kappa shape index (κ3) is 3.22. The highest BCUT2D eigenvalue weighted by Crippen LogP contribution is 2.30. The number of aryl methyl sites for hydroxylation is 1. The third-order valence-corrected chi connectivity index (χ3v) is 3.76. The molecule has 2 rings (SSSR count). The number of hydrogen-bond donors (Lipinski definition) is 1. The standard InChI is InChI=1S/C13H18ClN3O2/c1-9-15-7-10(14)11(16-9)12(18)17(2)8-13(19)5-3-4-6-13/h7,19H,3-6,8H2,1-2H3. The van der Waals surface area contributed by atoms with Crippen molar-refractivity contribution in [3.8, 4) is 0 Å². The Kier molecular flexibility index (Phi) is 4.06. The number of halogens is 1. The van der Waals surface area contributed by atoms with Crippen molar-refractivity contribution in [1.29, 1.82) is 0 Å². The molecule has 0 saturated heterocycles. The van der Waals surface area contributed by atoms with Crippen LogP contribution in [0.2, 0.25) is 5.02 Å². The van der Waals surface area contributed by atoms with Gasteiger partial charge in [-0.2, -0.15) is 0 Å². The number of nitrogens with zero attached hydrogens (tertiary/aromatic N) is 3. The van der Waals surface area contributed by atoms with Crippen molar-refractivity contribution in [1.82, 2.24) is 14.9 Å². The van der Waals surface area contributed by atoms with E-state index >= 15 is 0 Å². The predicted octanol–water partition coefficient (Wildman–Crippen LogP) is 1.82.